The maximum absolute atomic E-state index is 14.7. The van der Waals surface area contributed by atoms with Crippen LogP contribution in [0.5, 0.6) is 0 Å². The van der Waals surface area contributed by atoms with Gasteiger partial charge in [-0.3, -0.25) is 19.2 Å². The smallest absolute Gasteiger partial charge is 0.315 e. The van der Waals surface area contributed by atoms with Gasteiger partial charge in [0.15, 0.2) is 0 Å². The van der Waals surface area contributed by atoms with Crippen LogP contribution in [0, 0.1) is 34.5 Å². The number of carbonyl (C=O) groups is 5. The fraction of sp³-hybridized carbons (Fsp3) is 0.806. The average molecular weight is 736 g/mol. The molecule has 0 aromatic heterocycles. The summed E-state index contributed by atoms with van der Waals surface area (Å²) in [5, 5.41) is 11.4. The van der Waals surface area contributed by atoms with Gasteiger partial charge in [-0.1, -0.05) is 66.4 Å². The number of fused-ring (bicyclic) bond motifs is 1. The highest BCUT2D eigenvalue weighted by atomic mass is 32.2. The largest absolute Gasteiger partial charge is 0.346 e. The number of Topliss-reactive ketones (excluding diaryl/α,β-unsaturated/α-hetero) is 1. The lowest BCUT2D eigenvalue weighted by atomic mass is 9.77. The third-order valence-electron chi connectivity index (χ3n) is 11.9. The summed E-state index contributed by atoms with van der Waals surface area (Å²) in [6.07, 6.45) is 8.15. The number of ketones is 1. The molecule has 4 fully saturated rings. The highest BCUT2D eigenvalue weighted by Gasteiger charge is 2.70. The number of hydrogen-bond acceptors (Lipinski definition) is 7. The van der Waals surface area contributed by atoms with Gasteiger partial charge in [0.2, 0.25) is 17.6 Å². The summed E-state index contributed by atoms with van der Waals surface area (Å²) >= 11 is 0. The Morgan fingerprint density at radius 1 is 0.902 bits per heavy atom. The van der Waals surface area contributed by atoms with Crippen LogP contribution in [-0.4, -0.2) is 116 Å². The lowest BCUT2D eigenvalue weighted by Gasteiger charge is -2.39. The zero-order valence-corrected chi connectivity index (χ0v) is 32.6. The van der Waals surface area contributed by atoms with E-state index in [4.69, 9.17) is 0 Å². The molecule has 4 N–H and O–H groups in total. The summed E-state index contributed by atoms with van der Waals surface area (Å²) in [5.41, 5.74) is -0.722. The highest BCUT2D eigenvalue weighted by Crippen LogP contribution is 2.65. The molecule has 6 atom stereocenters. The molecule has 1 unspecified atom stereocenters. The van der Waals surface area contributed by atoms with Crippen molar-refractivity contribution in [1.29, 1.82) is 0 Å². The summed E-state index contributed by atoms with van der Waals surface area (Å²) in [6, 6.07) is -3.93. The number of carbonyl (C=O) groups excluding carboxylic acids is 5. The Balaban J connectivity index is 1.57. The van der Waals surface area contributed by atoms with Crippen molar-refractivity contribution in [2.75, 3.05) is 40.8 Å². The van der Waals surface area contributed by atoms with Crippen molar-refractivity contribution in [3.8, 4) is 0 Å². The van der Waals surface area contributed by atoms with Crippen molar-refractivity contribution < 1.29 is 32.4 Å². The van der Waals surface area contributed by atoms with Crippen LogP contribution in [0.2, 0.25) is 0 Å². The minimum absolute atomic E-state index is 0.0127. The van der Waals surface area contributed by atoms with Crippen LogP contribution in [-0.2, 0) is 29.4 Å². The number of nitrogens with zero attached hydrogens (tertiary/aromatic N) is 3. The van der Waals surface area contributed by atoms with Gasteiger partial charge in [0, 0.05) is 46.8 Å². The molecule has 0 aromatic carbocycles. The van der Waals surface area contributed by atoms with Crippen molar-refractivity contribution in [2.45, 2.75) is 110 Å². The van der Waals surface area contributed by atoms with Gasteiger partial charge in [0.05, 0.1) is 0 Å². The topological polar surface area (TPSA) is 177 Å². The fourth-order valence-electron chi connectivity index (χ4n) is 8.15. The van der Waals surface area contributed by atoms with Crippen molar-refractivity contribution in [1.82, 2.24) is 34.8 Å². The molecule has 14 nitrogen and oxygen atoms in total. The van der Waals surface area contributed by atoms with E-state index < -0.39 is 63.4 Å². The Kier molecular flexibility index (Phi) is 12.7. The van der Waals surface area contributed by atoms with Gasteiger partial charge < -0.3 is 26.2 Å². The molecule has 1 aliphatic heterocycles. The van der Waals surface area contributed by atoms with E-state index in [0.29, 0.717) is 19.4 Å². The Morgan fingerprint density at radius 3 is 2.02 bits per heavy atom. The average Bonchev–Trinajstić information content (AvgIpc) is 3.34. The first kappa shape index (κ1) is 40.7. The maximum Gasteiger partial charge on any atom is 0.315 e. The zero-order valence-electron chi connectivity index (χ0n) is 31.8. The summed E-state index contributed by atoms with van der Waals surface area (Å²) in [7, 11) is 0.619. The maximum atomic E-state index is 14.7. The lowest BCUT2D eigenvalue weighted by Crippen LogP contribution is -2.62. The molecule has 1 saturated heterocycles. The van der Waals surface area contributed by atoms with Crippen LogP contribution in [0.1, 0.15) is 86.0 Å². The molecule has 288 valence electrons. The molecular weight excluding hydrogens is 675 g/mol. The molecule has 15 heteroatoms. The molecule has 1 heterocycles. The number of nitrogens with one attached hydrogen (secondary N) is 4. The van der Waals surface area contributed by atoms with E-state index >= 15 is 0 Å². The Labute approximate surface area is 304 Å². The Bertz CT molecular complexity index is 1450. The van der Waals surface area contributed by atoms with Gasteiger partial charge in [0.1, 0.15) is 18.1 Å². The van der Waals surface area contributed by atoms with Crippen LogP contribution in [0.25, 0.3) is 0 Å². The van der Waals surface area contributed by atoms with E-state index in [-0.39, 0.29) is 48.1 Å². The van der Waals surface area contributed by atoms with E-state index in [1.807, 2.05) is 20.8 Å². The first-order valence-electron chi connectivity index (χ1n) is 18.5. The first-order valence-corrected chi connectivity index (χ1v) is 19.9. The van der Waals surface area contributed by atoms with Crippen LogP contribution < -0.4 is 21.3 Å². The third kappa shape index (κ3) is 8.95. The molecular formula is C36H61N7O7S. The SMILES string of the molecule is C=CCNC(=O)C(=O)C(NC(=O)[C@@H]1[C@@H]2[C@H](CN1C(=O)[C@@H](NC(=O)N[C@H](CN(C)S(=O)(=O)N(C)C)C(C)(C)C)C1CCCCC1)C2(C)C)C1CCC1. The van der Waals surface area contributed by atoms with E-state index in [2.05, 4.69) is 41.7 Å². The molecule has 3 saturated carbocycles. The van der Waals surface area contributed by atoms with E-state index in [1.165, 1.54) is 31.5 Å². The second-order valence-corrected chi connectivity index (χ2v) is 19.2. The van der Waals surface area contributed by atoms with Gasteiger partial charge in [0.25, 0.3) is 16.1 Å². The third-order valence-corrected chi connectivity index (χ3v) is 13.8. The van der Waals surface area contributed by atoms with Crippen molar-refractivity contribution in [2.24, 2.45) is 34.5 Å². The Hall–Kier alpha value is -3.04. The van der Waals surface area contributed by atoms with Crippen LogP contribution in [0.15, 0.2) is 12.7 Å². The predicted molar refractivity (Wildman–Crippen MR) is 194 cm³/mol. The summed E-state index contributed by atoms with van der Waals surface area (Å²) in [6.45, 7) is 13.9. The molecule has 0 bridgehead atoms. The van der Waals surface area contributed by atoms with Gasteiger partial charge in [-0.05, 0) is 60.2 Å². The summed E-state index contributed by atoms with van der Waals surface area (Å²) in [4.78, 5) is 70.2. The molecule has 3 aliphatic carbocycles. The molecule has 0 spiro atoms. The first-order chi connectivity index (χ1) is 23.7. The summed E-state index contributed by atoms with van der Waals surface area (Å²) < 4.78 is 27.9. The highest BCUT2D eigenvalue weighted by molar-refractivity contribution is 7.86. The number of rotatable bonds is 15. The van der Waals surface area contributed by atoms with Crippen molar-refractivity contribution >= 4 is 39.7 Å². The van der Waals surface area contributed by atoms with Gasteiger partial charge in [-0.15, -0.1) is 6.58 Å². The summed E-state index contributed by atoms with van der Waals surface area (Å²) in [5.74, 6) is -2.63. The lowest BCUT2D eigenvalue weighted by molar-refractivity contribution is -0.145. The number of likely N-dealkylation sites (N-methyl/N-ethyl adjacent to an activating group) is 1. The minimum Gasteiger partial charge on any atom is -0.346 e. The molecule has 4 rings (SSSR count). The van der Waals surface area contributed by atoms with Gasteiger partial charge >= 0.3 is 6.03 Å². The number of urea groups is 1. The van der Waals surface area contributed by atoms with E-state index in [0.717, 1.165) is 42.8 Å². The van der Waals surface area contributed by atoms with Crippen LogP contribution in [0.3, 0.4) is 0 Å². The number of piperidine rings is 1. The second-order valence-electron chi connectivity index (χ2n) is 16.9. The Morgan fingerprint density at radius 2 is 1.49 bits per heavy atom. The fourth-order valence-corrected chi connectivity index (χ4v) is 9.05. The standard InChI is InChI=1S/C36H61N7O7S/c1-10-19-37-32(46)30(44)27(22-17-14-18-22)39-31(45)29-26-24(36(26,5)6)20-43(29)33(47)28(23-15-12-11-13-16-23)40-34(48)38-25(35(2,3)4)21-42(9)51(49,50)41(7)8/h10,22-29H,1,11-21H2,2-9H3,(H,37,46)(H,39,45)(H2,38,40,48)/t24-,25+,26-,27?,28-,29-/m0/s1. The molecule has 51 heavy (non-hydrogen) atoms. The minimum atomic E-state index is -3.74. The normalized spacial score (nSPS) is 25.2. The van der Waals surface area contributed by atoms with Crippen molar-refractivity contribution in [3.05, 3.63) is 12.7 Å². The molecule has 0 aromatic rings. The molecule has 5 amide bonds. The van der Waals surface area contributed by atoms with Gasteiger partial charge in [-0.25, -0.2) is 4.79 Å². The molecule has 4 aliphatic rings. The van der Waals surface area contributed by atoms with Crippen LogP contribution >= 0.6 is 0 Å². The van der Waals surface area contributed by atoms with Crippen molar-refractivity contribution in [3.63, 3.8) is 0 Å². The molecule has 0 radical (unpaired) electrons. The van der Waals surface area contributed by atoms with E-state index in [9.17, 15) is 32.4 Å². The number of hydrogen-bond donors (Lipinski definition) is 4. The predicted octanol–water partition coefficient (Wildman–Crippen LogP) is 2.03. The zero-order chi connectivity index (χ0) is 38.1. The monoisotopic (exact) mass is 735 g/mol. The van der Waals surface area contributed by atoms with E-state index in [1.54, 1.807) is 4.90 Å². The quantitative estimate of drug-likeness (QED) is 0.147. The van der Waals surface area contributed by atoms with Gasteiger partial charge in [-0.2, -0.15) is 17.0 Å². The number of amides is 5. The second kappa shape index (κ2) is 15.9. The van der Waals surface area contributed by atoms with Crippen LogP contribution in [0.4, 0.5) is 4.79 Å². The number of likely N-dealkylation sites (tertiary alicyclic amines) is 1.